The maximum absolute atomic E-state index is 11.2. The molecule has 2 rings (SSSR count). The lowest BCUT2D eigenvalue weighted by Crippen LogP contribution is -2.39. The summed E-state index contributed by atoms with van der Waals surface area (Å²) in [7, 11) is 0. The minimum absolute atomic E-state index is 0.0691. The molecule has 1 aliphatic rings. The van der Waals surface area contributed by atoms with Crippen molar-refractivity contribution in [1.82, 2.24) is 15.5 Å². The highest BCUT2D eigenvalue weighted by Gasteiger charge is 2.22. The van der Waals surface area contributed by atoms with E-state index < -0.39 is 0 Å². The number of amides is 1. The number of aliphatic imine (C=N–C) groups is 1. The van der Waals surface area contributed by atoms with Crippen LogP contribution in [0.1, 0.15) is 45.1 Å². The molecule has 1 saturated heterocycles. The average Bonchev–Trinajstić information content (AvgIpc) is 2.73. The highest BCUT2D eigenvalue weighted by Crippen LogP contribution is 2.19. The molecular formula is C22H37N5O2. The third kappa shape index (κ3) is 8.31. The molecule has 162 valence electrons. The number of para-hydroxylation sites is 1. The molecule has 4 N–H and O–H groups in total. The number of piperidine rings is 1. The van der Waals surface area contributed by atoms with Gasteiger partial charge in [0.25, 0.3) is 0 Å². The topological polar surface area (TPSA) is 92.0 Å². The predicted molar refractivity (Wildman–Crippen MR) is 118 cm³/mol. The van der Waals surface area contributed by atoms with Gasteiger partial charge >= 0.3 is 0 Å². The van der Waals surface area contributed by atoms with Crippen LogP contribution >= 0.6 is 0 Å². The zero-order valence-corrected chi connectivity index (χ0v) is 18.0. The van der Waals surface area contributed by atoms with Crippen LogP contribution in [-0.2, 0) is 11.3 Å². The van der Waals surface area contributed by atoms with Crippen LogP contribution in [-0.4, -0.2) is 56.1 Å². The summed E-state index contributed by atoms with van der Waals surface area (Å²) in [6, 6.07) is 8.04. The third-order valence-electron chi connectivity index (χ3n) is 5.21. The quantitative estimate of drug-likeness (QED) is 0.299. The van der Waals surface area contributed by atoms with Crippen LogP contribution in [0.3, 0.4) is 0 Å². The Morgan fingerprint density at radius 2 is 1.97 bits per heavy atom. The normalized spacial score (nSPS) is 15.9. The highest BCUT2D eigenvalue weighted by molar-refractivity contribution is 5.79. The molecule has 1 fully saturated rings. The summed E-state index contributed by atoms with van der Waals surface area (Å²) in [6.45, 7) is 10.0. The van der Waals surface area contributed by atoms with Gasteiger partial charge in [0.05, 0.1) is 13.2 Å². The van der Waals surface area contributed by atoms with Gasteiger partial charge in [-0.25, -0.2) is 4.99 Å². The Hall–Kier alpha value is -2.28. The van der Waals surface area contributed by atoms with E-state index in [1.54, 1.807) is 0 Å². The number of hydrogen-bond donors (Lipinski definition) is 3. The van der Waals surface area contributed by atoms with Gasteiger partial charge in [-0.3, -0.25) is 4.79 Å². The molecule has 1 aromatic rings. The molecule has 7 nitrogen and oxygen atoms in total. The molecule has 29 heavy (non-hydrogen) atoms. The van der Waals surface area contributed by atoms with Crippen LogP contribution in [0, 0.1) is 5.92 Å². The molecule has 0 spiro atoms. The van der Waals surface area contributed by atoms with Crippen LogP contribution in [0.25, 0.3) is 0 Å². The van der Waals surface area contributed by atoms with E-state index in [1.165, 1.54) is 0 Å². The Morgan fingerprint density at radius 3 is 2.66 bits per heavy atom. The number of likely N-dealkylation sites (tertiary alicyclic amines) is 1. The number of unbranched alkanes of at least 4 members (excludes halogenated alkanes) is 1. The molecule has 0 aliphatic carbocycles. The minimum atomic E-state index is -0.145. The fourth-order valence-electron chi connectivity index (χ4n) is 3.55. The number of nitrogens with two attached hydrogens (primary N) is 1. The largest absolute Gasteiger partial charge is 0.494 e. The number of guanidine groups is 1. The summed E-state index contributed by atoms with van der Waals surface area (Å²) < 4.78 is 5.68. The lowest BCUT2D eigenvalue weighted by Gasteiger charge is -2.30. The highest BCUT2D eigenvalue weighted by atomic mass is 16.5. The lowest BCUT2D eigenvalue weighted by molar-refractivity contribution is -0.123. The molecule has 1 aliphatic heterocycles. The van der Waals surface area contributed by atoms with Crippen LogP contribution in [0.5, 0.6) is 5.75 Å². The molecule has 1 amide bonds. The van der Waals surface area contributed by atoms with Crippen molar-refractivity contribution < 1.29 is 9.53 Å². The van der Waals surface area contributed by atoms with Crippen LogP contribution < -0.4 is 21.1 Å². The number of primary amides is 1. The van der Waals surface area contributed by atoms with Gasteiger partial charge < -0.3 is 26.0 Å². The van der Waals surface area contributed by atoms with E-state index in [0.717, 1.165) is 75.7 Å². The van der Waals surface area contributed by atoms with Gasteiger partial charge in [-0.1, -0.05) is 18.2 Å². The number of carbonyl (C=O) groups is 1. The maximum atomic E-state index is 11.2. The smallest absolute Gasteiger partial charge is 0.220 e. The van der Waals surface area contributed by atoms with Crippen molar-refractivity contribution in [1.29, 1.82) is 0 Å². The zero-order valence-electron chi connectivity index (χ0n) is 18.0. The van der Waals surface area contributed by atoms with Crippen LogP contribution in [0.4, 0.5) is 0 Å². The third-order valence-corrected chi connectivity index (χ3v) is 5.21. The molecule has 0 aromatic heterocycles. The zero-order chi connectivity index (χ0) is 20.9. The molecule has 0 radical (unpaired) electrons. The Balaban J connectivity index is 1.70. The Kier molecular flexibility index (Phi) is 10.3. The van der Waals surface area contributed by atoms with Gasteiger partial charge in [0, 0.05) is 24.6 Å². The second-order valence-electron chi connectivity index (χ2n) is 7.39. The van der Waals surface area contributed by atoms with Gasteiger partial charge in [-0.15, -0.1) is 0 Å². The number of benzene rings is 1. The van der Waals surface area contributed by atoms with E-state index in [1.807, 2.05) is 25.1 Å². The summed E-state index contributed by atoms with van der Waals surface area (Å²) >= 11 is 0. The first-order valence-corrected chi connectivity index (χ1v) is 10.9. The average molecular weight is 404 g/mol. The molecular weight excluding hydrogens is 366 g/mol. The van der Waals surface area contributed by atoms with E-state index in [-0.39, 0.29) is 11.8 Å². The van der Waals surface area contributed by atoms with E-state index in [9.17, 15) is 4.79 Å². The Bertz CT molecular complexity index is 642. The van der Waals surface area contributed by atoms with E-state index in [2.05, 4.69) is 28.5 Å². The van der Waals surface area contributed by atoms with Gasteiger partial charge in [0.1, 0.15) is 5.75 Å². The SMILES string of the molecule is CCNC(=NCc1ccccc1OCC)NCCCCN1CCC(C(N)=O)CC1. The van der Waals surface area contributed by atoms with Crippen molar-refractivity contribution in [2.45, 2.75) is 46.1 Å². The molecule has 7 heteroatoms. The lowest BCUT2D eigenvalue weighted by atomic mass is 9.96. The van der Waals surface area contributed by atoms with Crippen molar-refractivity contribution in [2.75, 3.05) is 39.3 Å². The molecule has 1 aromatic carbocycles. The van der Waals surface area contributed by atoms with Crippen molar-refractivity contribution in [2.24, 2.45) is 16.6 Å². The van der Waals surface area contributed by atoms with Crippen LogP contribution in [0.2, 0.25) is 0 Å². The molecule has 0 atom stereocenters. The summed E-state index contributed by atoms with van der Waals surface area (Å²) in [4.78, 5) is 18.4. The number of carbonyl (C=O) groups excluding carboxylic acids is 1. The maximum Gasteiger partial charge on any atom is 0.220 e. The standard InChI is InChI=1S/C22H37N5O2/c1-3-24-22(26-17-19-9-5-6-10-20(19)29-4-2)25-13-7-8-14-27-15-11-18(12-16-27)21(23)28/h5-6,9-10,18H,3-4,7-8,11-17H2,1-2H3,(H2,23,28)(H2,24,25,26). The molecule has 0 unspecified atom stereocenters. The summed E-state index contributed by atoms with van der Waals surface area (Å²) in [5.41, 5.74) is 6.49. The Morgan fingerprint density at radius 1 is 1.21 bits per heavy atom. The number of rotatable bonds is 11. The number of nitrogens with zero attached hydrogens (tertiary/aromatic N) is 2. The molecule has 1 heterocycles. The van der Waals surface area contributed by atoms with Gasteiger partial charge in [0.15, 0.2) is 5.96 Å². The first-order chi connectivity index (χ1) is 14.1. The van der Waals surface area contributed by atoms with E-state index in [0.29, 0.717) is 13.2 Å². The van der Waals surface area contributed by atoms with E-state index >= 15 is 0 Å². The fourth-order valence-corrected chi connectivity index (χ4v) is 3.55. The summed E-state index contributed by atoms with van der Waals surface area (Å²) in [5.74, 6) is 1.66. The first-order valence-electron chi connectivity index (χ1n) is 10.9. The predicted octanol–water partition coefficient (Wildman–Crippen LogP) is 2.12. The number of hydrogen-bond acceptors (Lipinski definition) is 4. The summed E-state index contributed by atoms with van der Waals surface area (Å²) in [6.07, 6.45) is 4.00. The van der Waals surface area contributed by atoms with Crippen LogP contribution in [0.15, 0.2) is 29.3 Å². The second-order valence-corrected chi connectivity index (χ2v) is 7.39. The summed E-state index contributed by atoms with van der Waals surface area (Å²) in [5, 5.41) is 6.72. The minimum Gasteiger partial charge on any atom is -0.494 e. The van der Waals surface area contributed by atoms with Gasteiger partial charge in [-0.2, -0.15) is 0 Å². The Labute approximate surface area is 175 Å². The van der Waals surface area contributed by atoms with Crippen molar-refractivity contribution in [3.05, 3.63) is 29.8 Å². The monoisotopic (exact) mass is 403 g/mol. The van der Waals surface area contributed by atoms with Crippen molar-refractivity contribution in [3.8, 4) is 5.75 Å². The molecule has 0 bridgehead atoms. The second kappa shape index (κ2) is 13.0. The van der Waals surface area contributed by atoms with E-state index in [4.69, 9.17) is 15.5 Å². The van der Waals surface area contributed by atoms with Gasteiger partial charge in [0.2, 0.25) is 5.91 Å². The first kappa shape index (κ1) is 23.0. The number of nitrogens with one attached hydrogen (secondary N) is 2. The van der Waals surface area contributed by atoms with Gasteiger partial charge in [-0.05, 0) is 65.2 Å². The number of ether oxygens (including phenoxy) is 1. The van der Waals surface area contributed by atoms with Crippen molar-refractivity contribution >= 4 is 11.9 Å². The molecule has 0 saturated carbocycles. The van der Waals surface area contributed by atoms with Crippen molar-refractivity contribution in [3.63, 3.8) is 0 Å². The fraction of sp³-hybridized carbons (Fsp3) is 0.636.